The van der Waals surface area contributed by atoms with Gasteiger partial charge in [0.15, 0.2) is 0 Å². The van der Waals surface area contributed by atoms with E-state index in [1.165, 1.54) is 154 Å². The number of carboxylic acid groups (broad SMARTS) is 2. The summed E-state index contributed by atoms with van der Waals surface area (Å²) in [5.41, 5.74) is 0. The summed E-state index contributed by atoms with van der Waals surface area (Å²) in [5, 5.41) is 22.3. The smallest absolute Gasteiger partial charge is 0.550 e. The number of hydrogen-bond acceptors (Lipinski definition) is 6. The average molecular weight is 749 g/mol. The molecule has 2 atom stereocenters. The number of unbranched alkanes of at least 4 members (excludes halogenated alkanes) is 20. The zero-order valence-electron chi connectivity index (χ0n) is 35.4. The summed E-state index contributed by atoms with van der Waals surface area (Å²) >= 11 is 0. The van der Waals surface area contributed by atoms with Gasteiger partial charge < -0.3 is 29.6 Å². The largest absolute Gasteiger partial charge is 2.00 e. The summed E-state index contributed by atoms with van der Waals surface area (Å²) in [4.78, 5) is 27.2. The van der Waals surface area contributed by atoms with Crippen molar-refractivity contribution in [3.8, 4) is 0 Å². The maximum atomic E-state index is 11.1. The van der Waals surface area contributed by atoms with Gasteiger partial charge in [0.05, 0.1) is 0 Å². The maximum absolute atomic E-state index is 11.1. The van der Waals surface area contributed by atoms with Crippen molar-refractivity contribution in [3.63, 3.8) is 0 Å². The standard InChI is InChI=1S/2C22H45NO2.Ca/c2*1-4-7-9-11-13-15-18-23(19-16-14-12-10-8-5-2)21(17-6-3)20-22(24)25;/h2*21H,4-20H2,1-3H3,(H,24,25);/q;;+2/p-2. The Balaban J connectivity index is -0.000000886. The van der Waals surface area contributed by atoms with E-state index in [1.54, 1.807) is 0 Å². The van der Waals surface area contributed by atoms with Crippen LogP contribution in [-0.4, -0.2) is 97.7 Å². The van der Waals surface area contributed by atoms with E-state index >= 15 is 0 Å². The quantitative estimate of drug-likeness (QED) is 0.0462. The van der Waals surface area contributed by atoms with E-state index in [2.05, 4.69) is 51.3 Å². The Morgan fingerprint density at radius 1 is 0.373 bits per heavy atom. The molecule has 0 amide bonds. The second kappa shape index (κ2) is 44.5. The molecular formula is C44H88CaN2O4. The fourth-order valence-corrected chi connectivity index (χ4v) is 7.21. The summed E-state index contributed by atoms with van der Waals surface area (Å²) < 4.78 is 0. The minimum Gasteiger partial charge on any atom is -0.550 e. The molecule has 0 spiro atoms. The Morgan fingerprint density at radius 2 is 0.588 bits per heavy atom. The van der Waals surface area contributed by atoms with Crippen LogP contribution in [0.15, 0.2) is 0 Å². The van der Waals surface area contributed by atoms with Crippen molar-refractivity contribution in [1.82, 2.24) is 9.80 Å². The first-order valence-corrected chi connectivity index (χ1v) is 22.2. The van der Waals surface area contributed by atoms with Crippen molar-refractivity contribution in [2.45, 2.75) is 246 Å². The number of carbonyl (C=O) groups excluding carboxylic acids is 2. The molecular weight excluding hydrogens is 661 g/mol. The third-order valence-electron chi connectivity index (χ3n) is 10.3. The molecule has 0 saturated carbocycles. The fraction of sp³-hybridized carbons (Fsp3) is 0.955. The Labute approximate surface area is 349 Å². The molecule has 51 heavy (non-hydrogen) atoms. The van der Waals surface area contributed by atoms with Gasteiger partial charge in [0.1, 0.15) is 0 Å². The fourth-order valence-electron chi connectivity index (χ4n) is 7.21. The zero-order valence-corrected chi connectivity index (χ0v) is 37.6. The van der Waals surface area contributed by atoms with Gasteiger partial charge in [-0.25, -0.2) is 0 Å². The van der Waals surface area contributed by atoms with Crippen LogP contribution in [0.4, 0.5) is 0 Å². The molecule has 0 radical (unpaired) electrons. The summed E-state index contributed by atoms with van der Waals surface area (Å²) in [6.07, 6.45) is 35.4. The Hall–Kier alpha value is 0.120. The molecule has 0 aromatic carbocycles. The number of carboxylic acids is 2. The van der Waals surface area contributed by atoms with E-state index in [4.69, 9.17) is 0 Å². The van der Waals surface area contributed by atoms with Gasteiger partial charge in [0, 0.05) is 36.9 Å². The van der Waals surface area contributed by atoms with Crippen LogP contribution < -0.4 is 10.2 Å². The van der Waals surface area contributed by atoms with E-state index in [0.29, 0.717) is 0 Å². The first kappa shape index (κ1) is 55.5. The van der Waals surface area contributed by atoms with Gasteiger partial charge >= 0.3 is 37.7 Å². The Bertz CT molecular complexity index is 621. The van der Waals surface area contributed by atoms with Gasteiger partial charge in [-0.1, -0.05) is 183 Å². The zero-order chi connectivity index (χ0) is 37.5. The van der Waals surface area contributed by atoms with Crippen molar-refractivity contribution in [1.29, 1.82) is 0 Å². The first-order chi connectivity index (χ1) is 24.3. The van der Waals surface area contributed by atoms with E-state index in [1.807, 2.05) is 0 Å². The summed E-state index contributed by atoms with van der Waals surface area (Å²) in [7, 11) is 0. The van der Waals surface area contributed by atoms with Crippen molar-refractivity contribution in [3.05, 3.63) is 0 Å². The van der Waals surface area contributed by atoms with E-state index in [-0.39, 0.29) is 62.7 Å². The molecule has 0 aliphatic rings. The van der Waals surface area contributed by atoms with E-state index < -0.39 is 11.9 Å². The minimum absolute atomic E-state index is 0. The van der Waals surface area contributed by atoms with Crippen LogP contribution in [0, 0.1) is 0 Å². The van der Waals surface area contributed by atoms with Crippen LogP contribution in [0.2, 0.25) is 0 Å². The van der Waals surface area contributed by atoms with Crippen LogP contribution >= 0.6 is 0 Å². The van der Waals surface area contributed by atoms with Gasteiger partial charge in [-0.15, -0.1) is 0 Å². The third kappa shape index (κ3) is 39.6. The molecule has 0 saturated heterocycles. The SMILES string of the molecule is CCCCCCCCN(CCCCCCCC)C(CCC)CC(=O)[O-].CCCCCCCCN(CCCCCCCC)C(CCC)CC(=O)[O-].[Ca+2]. The van der Waals surface area contributed by atoms with E-state index in [9.17, 15) is 19.8 Å². The number of carbonyl (C=O) groups is 2. The predicted molar refractivity (Wildman–Crippen MR) is 219 cm³/mol. The van der Waals surface area contributed by atoms with Crippen LogP contribution in [0.25, 0.3) is 0 Å². The second-order valence-corrected chi connectivity index (χ2v) is 15.2. The monoisotopic (exact) mass is 749 g/mol. The Morgan fingerprint density at radius 3 is 0.784 bits per heavy atom. The summed E-state index contributed by atoms with van der Waals surface area (Å²) in [5.74, 6) is -1.79. The van der Waals surface area contributed by atoms with Crippen LogP contribution in [0.5, 0.6) is 0 Å². The molecule has 0 aliphatic carbocycles. The van der Waals surface area contributed by atoms with Gasteiger partial charge in [-0.2, -0.15) is 0 Å². The van der Waals surface area contributed by atoms with Gasteiger partial charge in [0.25, 0.3) is 0 Å². The molecule has 0 aliphatic heterocycles. The second-order valence-electron chi connectivity index (χ2n) is 15.2. The van der Waals surface area contributed by atoms with Gasteiger partial charge in [-0.3, -0.25) is 0 Å². The van der Waals surface area contributed by atoms with Gasteiger partial charge in [-0.05, 0) is 64.7 Å². The van der Waals surface area contributed by atoms with Crippen LogP contribution in [0.1, 0.15) is 234 Å². The minimum atomic E-state index is -0.894. The topological polar surface area (TPSA) is 86.7 Å². The molecule has 0 bridgehead atoms. The van der Waals surface area contributed by atoms with Crippen molar-refractivity contribution < 1.29 is 19.8 Å². The van der Waals surface area contributed by atoms with Crippen molar-refractivity contribution in [2.24, 2.45) is 0 Å². The van der Waals surface area contributed by atoms with Crippen LogP contribution in [0.3, 0.4) is 0 Å². The van der Waals surface area contributed by atoms with Gasteiger partial charge in [0.2, 0.25) is 0 Å². The first-order valence-electron chi connectivity index (χ1n) is 22.2. The number of rotatable bonds is 38. The molecule has 0 N–H and O–H groups in total. The summed E-state index contributed by atoms with van der Waals surface area (Å²) in [6, 6.07) is 0.336. The number of hydrogen-bond donors (Lipinski definition) is 0. The third-order valence-corrected chi connectivity index (χ3v) is 10.3. The van der Waals surface area contributed by atoms with Crippen molar-refractivity contribution in [2.75, 3.05) is 26.2 Å². The normalized spacial score (nSPS) is 12.4. The maximum Gasteiger partial charge on any atom is 2.00 e. The number of nitrogens with zero attached hydrogens (tertiary/aromatic N) is 2. The Kier molecular flexibility index (Phi) is 48.4. The molecule has 2 unspecified atom stereocenters. The molecule has 0 fully saturated rings. The molecule has 0 aromatic heterocycles. The number of aliphatic carboxylic acids is 2. The van der Waals surface area contributed by atoms with Crippen LogP contribution in [-0.2, 0) is 9.59 Å². The average Bonchev–Trinajstić information content (AvgIpc) is 3.08. The van der Waals surface area contributed by atoms with Crippen molar-refractivity contribution >= 4 is 49.7 Å². The molecule has 0 heterocycles. The molecule has 0 aromatic rings. The molecule has 6 nitrogen and oxygen atoms in total. The molecule has 7 heteroatoms. The van der Waals surface area contributed by atoms with E-state index in [0.717, 1.165) is 51.9 Å². The molecule has 300 valence electrons. The summed E-state index contributed by atoms with van der Waals surface area (Å²) in [6.45, 7) is 17.5. The molecule has 0 rings (SSSR count). The predicted octanol–water partition coefficient (Wildman–Crippen LogP) is 10.3.